The number of hydrogen-bond donors (Lipinski definition) is 0. The van der Waals surface area contributed by atoms with Gasteiger partial charge < -0.3 is 0 Å². The molecule has 0 N–H and O–H groups in total. The molecule has 0 fully saturated rings. The van der Waals surface area contributed by atoms with Crippen LogP contribution in [0.5, 0.6) is 0 Å². The van der Waals surface area contributed by atoms with Crippen LogP contribution in [-0.2, 0) is 0 Å². The summed E-state index contributed by atoms with van der Waals surface area (Å²) in [5.74, 6) is 0. The van der Waals surface area contributed by atoms with Gasteiger partial charge in [0.05, 0.1) is 8.07 Å². The van der Waals surface area contributed by atoms with E-state index in [1.54, 1.807) is 0 Å². The third kappa shape index (κ3) is 3.22. The van der Waals surface area contributed by atoms with E-state index in [9.17, 15) is 0 Å². The van der Waals surface area contributed by atoms with Crippen molar-refractivity contribution in [2.75, 3.05) is 0 Å². The largest absolute Gasteiger partial charge is 0.103 e. The maximum Gasteiger partial charge on any atom is 0.0648 e. The molecule has 0 rings (SSSR count). The summed E-state index contributed by atoms with van der Waals surface area (Å²) in [6.45, 7) is 15.4. The molecule has 0 nitrogen and oxygen atoms in total. The van der Waals surface area contributed by atoms with E-state index < -0.39 is 8.07 Å². The predicted octanol–water partition coefficient (Wildman–Crippen LogP) is 3.83. The predicted molar refractivity (Wildman–Crippen MR) is 60.9 cm³/mol. The molecule has 0 saturated heterocycles. The number of allylic oxidation sites excluding steroid dienone is 3. The molecule has 0 aromatic carbocycles. The zero-order valence-corrected chi connectivity index (χ0v) is 8.89. The Labute approximate surface area is 77.7 Å². The summed E-state index contributed by atoms with van der Waals surface area (Å²) in [4.78, 5) is 0. The monoisotopic (exact) mass is 179 g/mol. The summed E-state index contributed by atoms with van der Waals surface area (Å²) in [5, 5.41) is 0. The lowest BCUT2D eigenvalue weighted by atomic mass is 10.7. The molecule has 0 bridgehead atoms. The van der Waals surface area contributed by atoms with Gasteiger partial charge in [-0.2, -0.15) is 0 Å². The third-order valence-corrected chi connectivity index (χ3v) is 6.79. The summed E-state index contributed by atoms with van der Waals surface area (Å²) in [5.41, 5.74) is 0. The normalized spacial score (nSPS) is 10.8. The smallest absolute Gasteiger partial charge is 0.0648 e. The molecule has 0 heterocycles. The van der Waals surface area contributed by atoms with Crippen molar-refractivity contribution in [2.45, 2.75) is 24.2 Å². The Hall–Kier alpha value is -0.563. The molecular formula is C11H19Si. The van der Waals surface area contributed by atoms with Crippen LogP contribution in [-0.4, -0.2) is 8.07 Å². The summed E-state index contributed by atoms with van der Waals surface area (Å²) in [6.07, 6.45) is 6.05. The standard InChI is InChI=1S/C11H19Si/c1-5-9-12(8-4,10-6-2)11-7-3/h5-7H,1-4,8-11H2. The third-order valence-electron chi connectivity index (χ3n) is 2.26. The highest BCUT2D eigenvalue weighted by atomic mass is 28.3. The van der Waals surface area contributed by atoms with Crippen molar-refractivity contribution < 1.29 is 0 Å². The minimum Gasteiger partial charge on any atom is -0.103 e. The minimum absolute atomic E-state index is 1.05. The van der Waals surface area contributed by atoms with Crippen molar-refractivity contribution in [1.82, 2.24) is 0 Å². The van der Waals surface area contributed by atoms with Crippen molar-refractivity contribution >= 4 is 8.07 Å². The Kier molecular flexibility index (Phi) is 5.73. The quantitative estimate of drug-likeness (QED) is 0.411. The van der Waals surface area contributed by atoms with E-state index in [4.69, 9.17) is 0 Å². The van der Waals surface area contributed by atoms with Crippen molar-refractivity contribution in [3.05, 3.63) is 44.9 Å². The van der Waals surface area contributed by atoms with Gasteiger partial charge in [-0.3, -0.25) is 0 Å². The molecule has 0 unspecified atom stereocenters. The maximum absolute atomic E-state index is 4.03. The Bertz CT molecular complexity index is 132. The Morgan fingerprint density at radius 1 is 0.833 bits per heavy atom. The summed E-state index contributed by atoms with van der Waals surface area (Å²) < 4.78 is 0. The van der Waals surface area contributed by atoms with Crippen LogP contribution in [0.2, 0.25) is 24.2 Å². The maximum atomic E-state index is 4.03. The van der Waals surface area contributed by atoms with Crippen LogP contribution in [0.1, 0.15) is 0 Å². The first-order valence-electron chi connectivity index (χ1n) is 4.36. The van der Waals surface area contributed by atoms with Crippen molar-refractivity contribution in [1.29, 1.82) is 0 Å². The van der Waals surface area contributed by atoms with Crippen LogP contribution >= 0.6 is 0 Å². The average Bonchev–Trinajstić information content (AvgIpc) is 2.06. The second kappa shape index (κ2) is 6.01. The second-order valence-corrected chi connectivity index (χ2v) is 7.95. The van der Waals surface area contributed by atoms with Gasteiger partial charge in [0, 0.05) is 0 Å². The van der Waals surface area contributed by atoms with Crippen molar-refractivity contribution in [3.8, 4) is 0 Å². The molecule has 0 aromatic rings. The lowest BCUT2D eigenvalue weighted by Gasteiger charge is -2.26. The highest BCUT2D eigenvalue weighted by Gasteiger charge is 2.25. The van der Waals surface area contributed by atoms with E-state index in [1.807, 2.05) is 18.2 Å². The van der Waals surface area contributed by atoms with Crippen LogP contribution in [0.3, 0.4) is 0 Å². The van der Waals surface area contributed by atoms with Gasteiger partial charge >= 0.3 is 0 Å². The Morgan fingerprint density at radius 3 is 1.33 bits per heavy atom. The first kappa shape index (κ1) is 11.4. The number of rotatable bonds is 7. The molecule has 1 heteroatoms. The SMILES string of the molecule is [CH2]C[Si](CC=C)(CC=C)CC=C. The summed E-state index contributed by atoms with van der Waals surface area (Å²) >= 11 is 0. The fourth-order valence-electron chi connectivity index (χ4n) is 1.47. The van der Waals surface area contributed by atoms with Crippen LogP contribution in [0.15, 0.2) is 38.0 Å². The number of hydrogen-bond acceptors (Lipinski definition) is 0. The molecule has 12 heavy (non-hydrogen) atoms. The van der Waals surface area contributed by atoms with Crippen LogP contribution in [0.4, 0.5) is 0 Å². The van der Waals surface area contributed by atoms with Gasteiger partial charge in [0.25, 0.3) is 0 Å². The van der Waals surface area contributed by atoms with E-state index in [0.29, 0.717) is 0 Å². The highest BCUT2D eigenvalue weighted by Crippen LogP contribution is 2.26. The lowest BCUT2D eigenvalue weighted by molar-refractivity contribution is 1.29. The highest BCUT2D eigenvalue weighted by molar-refractivity contribution is 6.81. The van der Waals surface area contributed by atoms with Gasteiger partial charge in [-0.25, -0.2) is 0 Å². The van der Waals surface area contributed by atoms with E-state index in [2.05, 4.69) is 26.7 Å². The molecular weight excluding hydrogens is 160 g/mol. The van der Waals surface area contributed by atoms with Gasteiger partial charge in [-0.1, -0.05) is 31.2 Å². The van der Waals surface area contributed by atoms with Gasteiger partial charge in [0.15, 0.2) is 0 Å². The van der Waals surface area contributed by atoms with Crippen molar-refractivity contribution in [3.63, 3.8) is 0 Å². The Morgan fingerprint density at radius 2 is 1.17 bits per heavy atom. The first-order chi connectivity index (χ1) is 5.74. The molecule has 67 valence electrons. The fourth-order valence-corrected chi connectivity index (χ4v) is 4.42. The molecule has 0 spiro atoms. The fraction of sp³-hybridized carbons (Fsp3) is 0.364. The molecule has 1 radical (unpaired) electrons. The Balaban J connectivity index is 4.35. The van der Waals surface area contributed by atoms with Crippen LogP contribution in [0, 0.1) is 6.92 Å². The van der Waals surface area contributed by atoms with E-state index in [1.165, 1.54) is 0 Å². The molecule has 0 amide bonds. The van der Waals surface area contributed by atoms with Gasteiger partial charge in [-0.05, 0) is 18.1 Å². The zero-order chi connectivity index (χ0) is 9.45. The zero-order valence-electron chi connectivity index (χ0n) is 7.89. The van der Waals surface area contributed by atoms with Gasteiger partial charge in [-0.15, -0.1) is 19.7 Å². The summed E-state index contributed by atoms with van der Waals surface area (Å²) in [7, 11) is -1.23. The van der Waals surface area contributed by atoms with Crippen LogP contribution < -0.4 is 0 Å². The van der Waals surface area contributed by atoms with E-state index in [-0.39, 0.29) is 0 Å². The molecule has 0 aliphatic heterocycles. The van der Waals surface area contributed by atoms with Crippen LogP contribution in [0.25, 0.3) is 0 Å². The molecule has 0 aliphatic rings. The van der Waals surface area contributed by atoms with Gasteiger partial charge in [0.1, 0.15) is 0 Å². The van der Waals surface area contributed by atoms with Gasteiger partial charge in [0.2, 0.25) is 0 Å². The molecule has 0 atom stereocenters. The summed E-state index contributed by atoms with van der Waals surface area (Å²) in [6, 6.07) is 4.45. The van der Waals surface area contributed by atoms with E-state index in [0.717, 1.165) is 24.2 Å². The second-order valence-electron chi connectivity index (χ2n) is 3.23. The van der Waals surface area contributed by atoms with Crippen molar-refractivity contribution in [2.24, 2.45) is 0 Å². The van der Waals surface area contributed by atoms with E-state index >= 15 is 0 Å². The average molecular weight is 179 g/mol. The topological polar surface area (TPSA) is 0 Å². The molecule has 0 aromatic heterocycles. The molecule has 0 saturated carbocycles. The lowest BCUT2D eigenvalue weighted by Crippen LogP contribution is -2.30. The first-order valence-corrected chi connectivity index (χ1v) is 7.19. The molecule has 0 aliphatic carbocycles. The minimum atomic E-state index is -1.23.